The Balaban J connectivity index is -0.0000000309. The van der Waals surface area contributed by atoms with Crippen LogP contribution in [-0.2, 0) is 30.0 Å². The van der Waals surface area contributed by atoms with E-state index in [-0.39, 0.29) is 73.0 Å². The van der Waals surface area contributed by atoms with Gasteiger partial charge in [0.05, 0.1) is 0 Å². The fourth-order valence-electron chi connectivity index (χ4n) is 0. The Kier molecular flexibility index (Phi) is 116. The van der Waals surface area contributed by atoms with Crippen molar-refractivity contribution in [3.63, 3.8) is 0 Å². The third-order valence-corrected chi connectivity index (χ3v) is 0.447. The second-order valence-electron chi connectivity index (χ2n) is 2.88. The van der Waals surface area contributed by atoms with Crippen molar-refractivity contribution in [3.8, 4) is 0 Å². The zero-order chi connectivity index (χ0) is 20.8. The molecule has 0 aromatic heterocycles. The summed E-state index contributed by atoms with van der Waals surface area (Å²) in [6.07, 6.45) is 0. The summed E-state index contributed by atoms with van der Waals surface area (Å²) in [5, 5.41) is 48.5. The van der Waals surface area contributed by atoms with Crippen LogP contribution in [0.2, 0.25) is 0 Å². The smallest absolute Gasteiger partial charge is 0.676 e. The average Bonchev–Trinajstić information content (AvgIpc) is 2.54. The van der Waals surface area contributed by atoms with E-state index < -0.39 is 11.9 Å². The summed E-state index contributed by atoms with van der Waals surface area (Å²) in [5.74, 6) is -2.17. The van der Waals surface area contributed by atoms with E-state index >= 15 is 0 Å². The number of carboxylic acids is 2. The molecule has 0 amide bonds. The molecular weight excluding hydrogens is 435 g/mol. The Labute approximate surface area is 162 Å². The third-order valence-electron chi connectivity index (χ3n) is 0.447. The van der Waals surface area contributed by atoms with E-state index in [9.17, 15) is 0 Å². The minimum Gasteiger partial charge on any atom is -0.676 e. The summed E-state index contributed by atoms with van der Waals surface area (Å²) >= 11 is 0. The molecule has 0 radical (unpaired) electrons. The van der Waals surface area contributed by atoms with Crippen LogP contribution in [0.4, 0.5) is 0 Å². The molecule has 8 N–H and O–H groups in total. The molecule has 0 atom stereocenters. The maximum atomic E-state index is 8.89. The monoisotopic (exact) mass is 464 g/mol. The average molecular weight is 465 g/mol. The zero-order valence-electron chi connectivity index (χ0n) is 14.4. The first-order valence-electron chi connectivity index (χ1n) is 6.50. The minimum atomic E-state index is -1.08. The molecule has 0 spiro atoms. The van der Waals surface area contributed by atoms with Crippen LogP contribution in [0.25, 0.3) is 22.9 Å². The quantitative estimate of drug-likeness (QED) is 0.326. The normalized spacial score (nSPS) is 6.80. The Morgan fingerprint density at radius 2 is 0.680 bits per heavy atom. The molecule has 25 heavy (non-hydrogen) atoms. The predicted octanol–water partition coefficient (Wildman–Crippen LogP) is -2.37. The molecule has 160 valence electrons. The van der Waals surface area contributed by atoms with Gasteiger partial charge in [0.2, 0.25) is 0 Å². The maximum absolute atomic E-state index is 8.89. The molecule has 0 fully saturated rings. The van der Waals surface area contributed by atoms with Crippen molar-refractivity contribution in [3.05, 3.63) is 22.9 Å². The van der Waals surface area contributed by atoms with E-state index in [4.69, 9.17) is 63.2 Å². The molecule has 0 saturated carbocycles. The van der Waals surface area contributed by atoms with Gasteiger partial charge in [-0.25, -0.2) is 0 Å². The molecule has 12 nitrogen and oxygen atoms in total. The Morgan fingerprint density at radius 1 is 0.640 bits per heavy atom. The summed E-state index contributed by atoms with van der Waals surface area (Å²) in [4.78, 5) is 17.8. The number of carboxylic acid groups (broad SMARTS) is 2. The van der Waals surface area contributed by atoms with Crippen LogP contribution in [0, 0.1) is 0 Å². The van der Waals surface area contributed by atoms with Gasteiger partial charge in [-0.1, -0.05) is 0 Å². The van der Waals surface area contributed by atoms with Gasteiger partial charge in [-0.05, 0) is 13.8 Å². The molecule has 13 heteroatoms. The van der Waals surface area contributed by atoms with Crippen molar-refractivity contribution in [1.29, 1.82) is 0 Å². The van der Waals surface area contributed by atoms with Crippen LogP contribution < -0.4 is 10.2 Å². The van der Waals surface area contributed by atoms with Crippen LogP contribution in [0.3, 0.4) is 0 Å². The number of aliphatic carboxylic acids is 2. The predicted molar refractivity (Wildman–Crippen MR) is 86.5 cm³/mol. The van der Waals surface area contributed by atoms with Crippen LogP contribution in [0.5, 0.6) is 0 Å². The summed E-state index contributed by atoms with van der Waals surface area (Å²) in [6.45, 7) is 2.39. The Hall–Kier alpha value is -0.718. The molecular formula is C12H30N4O8Pd-4. The summed E-state index contributed by atoms with van der Waals surface area (Å²) in [7, 11) is 0. The number of rotatable bonds is 4. The summed E-state index contributed by atoms with van der Waals surface area (Å²) in [6, 6.07) is 0. The summed E-state index contributed by atoms with van der Waals surface area (Å²) in [5.41, 5.74) is 24.8. The summed E-state index contributed by atoms with van der Waals surface area (Å²) < 4.78 is 0. The SMILES string of the molecule is CC(=O)[O-].CC(=O)[O-].[NH-]CCO.[NH-]CCO.[NH-]CCO.[NH-]CCO.[Pd+2]. The van der Waals surface area contributed by atoms with Gasteiger partial charge in [-0.15, -0.1) is 26.2 Å². The minimum absolute atomic E-state index is 0. The number of carbonyl (C=O) groups is 2. The van der Waals surface area contributed by atoms with Gasteiger partial charge >= 0.3 is 20.4 Å². The largest absolute Gasteiger partial charge is 2.00 e. The van der Waals surface area contributed by atoms with Crippen molar-refractivity contribution in [2.75, 3.05) is 52.6 Å². The first-order valence-corrected chi connectivity index (χ1v) is 6.50. The first kappa shape index (κ1) is 44.1. The van der Waals surface area contributed by atoms with Gasteiger partial charge in [-0.2, -0.15) is 0 Å². The van der Waals surface area contributed by atoms with Crippen molar-refractivity contribution >= 4 is 11.9 Å². The Bertz CT molecular complexity index is 162. The number of carbonyl (C=O) groups excluding carboxylic acids is 2. The van der Waals surface area contributed by atoms with E-state index in [1.165, 1.54) is 0 Å². The molecule has 0 bridgehead atoms. The number of hydrogen-bond donors (Lipinski definition) is 4. The van der Waals surface area contributed by atoms with E-state index in [0.717, 1.165) is 13.8 Å². The molecule has 0 heterocycles. The van der Waals surface area contributed by atoms with E-state index in [2.05, 4.69) is 0 Å². The van der Waals surface area contributed by atoms with Gasteiger partial charge in [0.1, 0.15) is 0 Å². The van der Waals surface area contributed by atoms with Gasteiger partial charge < -0.3 is 63.2 Å². The standard InChI is InChI=1S/4C2H6NO.2C2H4O2.Pd/c4*3-1-2-4;2*1-2(3)4;/h4*3-4H,1-2H2;2*1H3,(H,3,4);/q4*-1;;;+2/p-2. The zero-order valence-corrected chi connectivity index (χ0v) is 15.9. The number of aliphatic hydroxyl groups excluding tert-OH is 4. The number of nitrogens with one attached hydrogen (secondary N) is 4. The van der Waals surface area contributed by atoms with E-state index in [1.807, 2.05) is 0 Å². The molecule has 0 aromatic rings. The van der Waals surface area contributed by atoms with Gasteiger partial charge in [0.15, 0.2) is 0 Å². The van der Waals surface area contributed by atoms with Gasteiger partial charge in [0, 0.05) is 38.4 Å². The van der Waals surface area contributed by atoms with Gasteiger partial charge in [-0.3, -0.25) is 0 Å². The van der Waals surface area contributed by atoms with Crippen LogP contribution >= 0.6 is 0 Å². The van der Waals surface area contributed by atoms with Crippen LogP contribution in [-0.4, -0.2) is 85.0 Å². The van der Waals surface area contributed by atoms with Crippen molar-refractivity contribution in [1.82, 2.24) is 0 Å². The molecule has 0 unspecified atom stereocenters. The number of aliphatic hydroxyl groups is 4. The van der Waals surface area contributed by atoms with Crippen LogP contribution in [0.15, 0.2) is 0 Å². The van der Waals surface area contributed by atoms with E-state index in [1.54, 1.807) is 0 Å². The second-order valence-corrected chi connectivity index (χ2v) is 2.88. The third kappa shape index (κ3) is 979. The van der Waals surface area contributed by atoms with Crippen molar-refractivity contribution in [2.24, 2.45) is 0 Å². The van der Waals surface area contributed by atoms with Gasteiger partial charge in [0.25, 0.3) is 0 Å². The molecule has 0 rings (SSSR count). The fraction of sp³-hybridized carbons (Fsp3) is 0.833. The van der Waals surface area contributed by atoms with Crippen molar-refractivity contribution < 1.29 is 60.7 Å². The van der Waals surface area contributed by atoms with E-state index in [0.29, 0.717) is 0 Å². The number of hydrogen-bond acceptors (Lipinski definition) is 8. The Morgan fingerprint density at radius 3 is 0.680 bits per heavy atom. The molecule has 0 aromatic carbocycles. The maximum Gasteiger partial charge on any atom is 2.00 e. The molecule has 0 saturated heterocycles. The first-order chi connectivity index (χ1) is 11.1. The topological polar surface area (TPSA) is 256 Å². The fourth-order valence-corrected chi connectivity index (χ4v) is 0. The van der Waals surface area contributed by atoms with Crippen molar-refractivity contribution in [2.45, 2.75) is 13.8 Å². The second kappa shape index (κ2) is 65.5. The van der Waals surface area contributed by atoms with Crippen LogP contribution in [0.1, 0.15) is 13.8 Å². The molecule has 0 aliphatic rings. The molecule has 0 aliphatic carbocycles. The molecule has 0 aliphatic heterocycles.